The van der Waals surface area contributed by atoms with Gasteiger partial charge in [-0.25, -0.2) is 0 Å². The molecule has 0 aromatic rings. The van der Waals surface area contributed by atoms with Gasteiger partial charge in [-0.3, -0.25) is 0 Å². The first kappa shape index (κ1) is 11.1. The Labute approximate surface area is 84.1 Å². The van der Waals surface area contributed by atoms with Crippen LogP contribution in [0.15, 0.2) is 0 Å². The maximum Gasteiger partial charge on any atom is -0.0358 e. The molecule has 0 N–H and O–H groups in total. The maximum absolute atomic E-state index is 2.45. The van der Waals surface area contributed by atoms with Crippen LogP contribution >= 0.6 is 0 Å². The van der Waals surface area contributed by atoms with Crippen LogP contribution in [0.3, 0.4) is 0 Å². The van der Waals surface area contributed by atoms with Crippen molar-refractivity contribution in [2.24, 2.45) is 29.6 Å². The summed E-state index contributed by atoms with van der Waals surface area (Å²) in [5.74, 6) is 4.70. The second kappa shape index (κ2) is 4.48. The molecule has 13 heavy (non-hydrogen) atoms. The van der Waals surface area contributed by atoms with E-state index in [1.54, 1.807) is 0 Å². The fourth-order valence-corrected chi connectivity index (χ4v) is 2.80. The number of hydrogen-bond donors (Lipinski definition) is 0. The summed E-state index contributed by atoms with van der Waals surface area (Å²) >= 11 is 0. The van der Waals surface area contributed by atoms with Gasteiger partial charge >= 0.3 is 0 Å². The molecule has 0 saturated heterocycles. The third kappa shape index (κ3) is 2.72. The SMILES string of the molecule is CC1CCC(C)C(C(C)C(C)C)C1. The van der Waals surface area contributed by atoms with Gasteiger partial charge in [-0.1, -0.05) is 47.5 Å². The van der Waals surface area contributed by atoms with Crippen molar-refractivity contribution in [3.8, 4) is 0 Å². The molecule has 0 aromatic heterocycles. The van der Waals surface area contributed by atoms with Gasteiger partial charge in [0.2, 0.25) is 0 Å². The topological polar surface area (TPSA) is 0 Å². The zero-order valence-corrected chi connectivity index (χ0v) is 10.0. The summed E-state index contributed by atoms with van der Waals surface area (Å²) in [6.45, 7) is 12.1. The average molecular weight is 182 g/mol. The van der Waals surface area contributed by atoms with Crippen molar-refractivity contribution in [2.45, 2.75) is 53.9 Å². The highest BCUT2D eigenvalue weighted by atomic mass is 14.4. The normalized spacial score (nSPS) is 37.8. The third-order valence-electron chi connectivity index (χ3n) is 4.25. The number of hydrogen-bond acceptors (Lipinski definition) is 0. The van der Waals surface area contributed by atoms with Crippen LogP contribution in [0, 0.1) is 29.6 Å². The highest BCUT2D eigenvalue weighted by molar-refractivity contribution is 4.80. The van der Waals surface area contributed by atoms with Crippen molar-refractivity contribution >= 4 is 0 Å². The van der Waals surface area contributed by atoms with Crippen LogP contribution in [0.4, 0.5) is 0 Å². The van der Waals surface area contributed by atoms with Gasteiger partial charge in [0.1, 0.15) is 0 Å². The van der Waals surface area contributed by atoms with Crippen LogP contribution < -0.4 is 0 Å². The summed E-state index contributed by atoms with van der Waals surface area (Å²) < 4.78 is 0. The molecule has 4 atom stereocenters. The van der Waals surface area contributed by atoms with E-state index in [4.69, 9.17) is 0 Å². The van der Waals surface area contributed by atoms with Crippen molar-refractivity contribution in [1.29, 1.82) is 0 Å². The molecule has 78 valence electrons. The molecule has 0 aliphatic heterocycles. The van der Waals surface area contributed by atoms with E-state index in [2.05, 4.69) is 34.6 Å². The Bertz CT molecular complexity index is 148. The second-order valence-corrected chi connectivity index (χ2v) is 5.66. The van der Waals surface area contributed by atoms with Crippen molar-refractivity contribution in [2.75, 3.05) is 0 Å². The Morgan fingerprint density at radius 1 is 1.00 bits per heavy atom. The Morgan fingerprint density at radius 2 is 1.62 bits per heavy atom. The van der Waals surface area contributed by atoms with E-state index in [-0.39, 0.29) is 0 Å². The minimum Gasteiger partial charge on any atom is -0.0625 e. The monoisotopic (exact) mass is 182 g/mol. The summed E-state index contributed by atoms with van der Waals surface area (Å²) in [6, 6.07) is 0. The molecule has 0 bridgehead atoms. The van der Waals surface area contributed by atoms with Gasteiger partial charge < -0.3 is 0 Å². The molecule has 1 aliphatic rings. The average Bonchev–Trinajstić information content (AvgIpc) is 2.08. The molecule has 0 aromatic carbocycles. The molecule has 0 spiro atoms. The van der Waals surface area contributed by atoms with E-state index in [0.29, 0.717) is 0 Å². The summed E-state index contributed by atoms with van der Waals surface area (Å²) in [4.78, 5) is 0. The summed E-state index contributed by atoms with van der Waals surface area (Å²) in [5, 5.41) is 0. The minimum atomic E-state index is 0.859. The zero-order chi connectivity index (χ0) is 10.0. The second-order valence-electron chi connectivity index (χ2n) is 5.66. The smallest absolute Gasteiger partial charge is 0.0358 e. The fraction of sp³-hybridized carbons (Fsp3) is 1.00. The van der Waals surface area contributed by atoms with E-state index in [1.165, 1.54) is 19.3 Å². The van der Waals surface area contributed by atoms with Gasteiger partial charge in [-0.05, 0) is 36.0 Å². The number of rotatable bonds is 2. The van der Waals surface area contributed by atoms with Crippen LogP contribution in [-0.2, 0) is 0 Å². The Morgan fingerprint density at radius 3 is 2.15 bits per heavy atom. The standard InChI is InChI=1S/C13H26/c1-9(2)12(5)13-8-10(3)6-7-11(13)4/h9-13H,6-8H2,1-5H3. The first-order chi connectivity index (χ1) is 6.02. The van der Waals surface area contributed by atoms with Gasteiger partial charge in [-0.15, -0.1) is 0 Å². The lowest BCUT2D eigenvalue weighted by Gasteiger charge is -2.38. The lowest BCUT2D eigenvalue weighted by atomic mass is 9.68. The lowest BCUT2D eigenvalue weighted by Crippen LogP contribution is -2.29. The predicted octanol–water partition coefficient (Wildman–Crippen LogP) is 4.35. The van der Waals surface area contributed by atoms with Gasteiger partial charge in [-0.2, -0.15) is 0 Å². The molecule has 0 heterocycles. The molecular weight excluding hydrogens is 156 g/mol. The molecule has 0 heteroatoms. The Kier molecular flexibility index (Phi) is 3.82. The zero-order valence-electron chi connectivity index (χ0n) is 10.0. The van der Waals surface area contributed by atoms with Crippen LogP contribution in [0.2, 0.25) is 0 Å². The minimum absolute atomic E-state index is 0.859. The first-order valence-corrected chi connectivity index (χ1v) is 6.02. The molecule has 0 radical (unpaired) electrons. The van der Waals surface area contributed by atoms with E-state index < -0.39 is 0 Å². The van der Waals surface area contributed by atoms with Crippen LogP contribution in [-0.4, -0.2) is 0 Å². The van der Waals surface area contributed by atoms with E-state index >= 15 is 0 Å². The highest BCUT2D eigenvalue weighted by Crippen LogP contribution is 2.40. The van der Waals surface area contributed by atoms with Crippen LogP contribution in [0.1, 0.15) is 53.9 Å². The quantitative estimate of drug-likeness (QED) is 0.595. The lowest BCUT2D eigenvalue weighted by molar-refractivity contribution is 0.120. The molecule has 0 nitrogen and oxygen atoms in total. The van der Waals surface area contributed by atoms with Crippen molar-refractivity contribution in [3.05, 3.63) is 0 Å². The molecule has 0 amide bonds. The molecule has 1 rings (SSSR count). The Balaban J connectivity index is 2.54. The molecule has 1 aliphatic carbocycles. The molecule has 4 unspecified atom stereocenters. The third-order valence-corrected chi connectivity index (χ3v) is 4.25. The van der Waals surface area contributed by atoms with E-state index in [9.17, 15) is 0 Å². The fourth-order valence-electron chi connectivity index (χ4n) is 2.80. The molecule has 1 saturated carbocycles. The van der Waals surface area contributed by atoms with E-state index in [1.807, 2.05) is 0 Å². The van der Waals surface area contributed by atoms with Crippen molar-refractivity contribution in [1.82, 2.24) is 0 Å². The predicted molar refractivity (Wildman–Crippen MR) is 59.7 cm³/mol. The summed E-state index contributed by atoms with van der Waals surface area (Å²) in [7, 11) is 0. The first-order valence-electron chi connectivity index (χ1n) is 6.02. The Hall–Kier alpha value is 0. The molecule has 1 fully saturated rings. The van der Waals surface area contributed by atoms with Crippen LogP contribution in [0.25, 0.3) is 0 Å². The molecular formula is C13H26. The summed E-state index contributed by atoms with van der Waals surface area (Å²) in [6.07, 6.45) is 4.39. The largest absolute Gasteiger partial charge is 0.0625 e. The van der Waals surface area contributed by atoms with Gasteiger partial charge in [0.15, 0.2) is 0 Å². The van der Waals surface area contributed by atoms with Gasteiger partial charge in [0.05, 0.1) is 0 Å². The van der Waals surface area contributed by atoms with E-state index in [0.717, 1.165) is 29.6 Å². The maximum atomic E-state index is 2.45. The van der Waals surface area contributed by atoms with Gasteiger partial charge in [0, 0.05) is 0 Å². The van der Waals surface area contributed by atoms with Crippen molar-refractivity contribution < 1.29 is 0 Å². The van der Waals surface area contributed by atoms with Crippen LogP contribution in [0.5, 0.6) is 0 Å². The van der Waals surface area contributed by atoms with Crippen molar-refractivity contribution in [3.63, 3.8) is 0 Å². The van der Waals surface area contributed by atoms with Gasteiger partial charge in [0.25, 0.3) is 0 Å². The summed E-state index contributed by atoms with van der Waals surface area (Å²) in [5.41, 5.74) is 0. The highest BCUT2D eigenvalue weighted by Gasteiger charge is 2.30.